The maximum absolute atomic E-state index is 13.0. The number of rotatable bonds is 4. The zero-order valence-electron chi connectivity index (χ0n) is 14.6. The second-order valence-corrected chi connectivity index (χ2v) is 6.73. The van der Waals surface area contributed by atoms with Crippen molar-refractivity contribution in [3.63, 3.8) is 0 Å². The molecule has 2 aliphatic rings. The van der Waals surface area contributed by atoms with Gasteiger partial charge in [0, 0.05) is 32.3 Å². The van der Waals surface area contributed by atoms with Crippen LogP contribution < -0.4 is 4.90 Å². The number of benzene rings is 1. The molecule has 0 aliphatic carbocycles. The molecule has 1 aromatic carbocycles. The van der Waals surface area contributed by atoms with E-state index in [4.69, 9.17) is 4.74 Å². The summed E-state index contributed by atoms with van der Waals surface area (Å²) in [5.74, 6) is 1.53. The zero-order chi connectivity index (χ0) is 17.4. The largest absolute Gasteiger partial charge is 0.380 e. The third-order valence-electron chi connectivity index (χ3n) is 5.14. The second-order valence-electron chi connectivity index (χ2n) is 6.73. The molecule has 7 nitrogen and oxygen atoms in total. The van der Waals surface area contributed by atoms with Crippen molar-refractivity contribution in [2.24, 2.45) is 0 Å². The molecule has 1 fully saturated rings. The lowest BCUT2D eigenvalue weighted by Gasteiger charge is -2.26. The number of nitrogens with one attached hydrogen (secondary N) is 1. The third-order valence-corrected chi connectivity index (χ3v) is 5.14. The number of aromatic nitrogens is 3. The number of aromatic amines is 1. The van der Waals surface area contributed by atoms with Crippen LogP contribution in [0.2, 0.25) is 0 Å². The van der Waals surface area contributed by atoms with E-state index in [2.05, 4.69) is 38.3 Å². The highest BCUT2D eigenvalue weighted by atomic mass is 16.5. The number of likely N-dealkylation sites (tertiary alicyclic amines) is 1. The van der Waals surface area contributed by atoms with Crippen LogP contribution in [0.5, 0.6) is 0 Å². The Morgan fingerprint density at radius 1 is 1.40 bits per heavy atom. The molecular formula is C18H23N5O2. The summed E-state index contributed by atoms with van der Waals surface area (Å²) in [5.41, 5.74) is 2.48. The van der Waals surface area contributed by atoms with E-state index < -0.39 is 0 Å². The number of methoxy groups -OCH3 is 1. The van der Waals surface area contributed by atoms with Crippen molar-refractivity contribution in [3.8, 4) is 0 Å². The monoisotopic (exact) mass is 341 g/mol. The zero-order valence-corrected chi connectivity index (χ0v) is 14.6. The minimum Gasteiger partial charge on any atom is -0.380 e. The molecule has 2 aliphatic heterocycles. The first kappa shape index (κ1) is 16.1. The van der Waals surface area contributed by atoms with E-state index in [1.165, 1.54) is 11.3 Å². The van der Waals surface area contributed by atoms with Crippen molar-refractivity contribution >= 4 is 11.6 Å². The lowest BCUT2D eigenvalue weighted by atomic mass is 10.2. The Hall–Kier alpha value is -2.41. The molecule has 4 rings (SSSR count). The molecule has 0 spiro atoms. The van der Waals surface area contributed by atoms with Crippen LogP contribution in [0.15, 0.2) is 24.3 Å². The number of hydrogen-bond acceptors (Lipinski definition) is 5. The highest BCUT2D eigenvalue weighted by Gasteiger charge is 2.39. The maximum Gasteiger partial charge on any atom is 0.242 e. The SMILES string of the molecule is CO[C@@H]1C[C@@H](c2n[nH]c(C)n2)N(C(=O)CN2CCc3ccccc32)C1. The molecule has 0 unspecified atom stereocenters. The van der Waals surface area contributed by atoms with Crippen LogP contribution in [0, 0.1) is 6.92 Å². The minimum atomic E-state index is -0.125. The average molecular weight is 341 g/mol. The van der Waals surface area contributed by atoms with Crippen molar-refractivity contribution in [3.05, 3.63) is 41.5 Å². The van der Waals surface area contributed by atoms with E-state index in [0.717, 1.165) is 25.2 Å². The molecule has 7 heteroatoms. The number of carbonyl (C=O) groups is 1. The van der Waals surface area contributed by atoms with Gasteiger partial charge in [-0.25, -0.2) is 4.98 Å². The Morgan fingerprint density at radius 2 is 2.24 bits per heavy atom. The fraction of sp³-hybridized carbons (Fsp3) is 0.500. The molecule has 1 amide bonds. The van der Waals surface area contributed by atoms with Gasteiger partial charge in [-0.2, -0.15) is 5.10 Å². The first-order chi connectivity index (χ1) is 12.2. The number of fused-ring (bicyclic) bond motifs is 1. The van der Waals surface area contributed by atoms with Gasteiger partial charge >= 0.3 is 0 Å². The molecule has 1 N–H and O–H groups in total. The van der Waals surface area contributed by atoms with Crippen LogP contribution in [-0.2, 0) is 16.0 Å². The second kappa shape index (κ2) is 6.48. The summed E-state index contributed by atoms with van der Waals surface area (Å²) >= 11 is 0. The number of anilines is 1. The van der Waals surface area contributed by atoms with Gasteiger partial charge in [-0.1, -0.05) is 18.2 Å². The normalized spacial score (nSPS) is 22.5. The van der Waals surface area contributed by atoms with E-state index in [1.54, 1.807) is 7.11 Å². The third kappa shape index (κ3) is 3.00. The predicted octanol–water partition coefficient (Wildman–Crippen LogP) is 1.46. The molecule has 0 bridgehead atoms. The van der Waals surface area contributed by atoms with E-state index >= 15 is 0 Å². The highest BCUT2D eigenvalue weighted by Crippen LogP contribution is 2.33. The number of hydrogen-bond donors (Lipinski definition) is 1. The van der Waals surface area contributed by atoms with Gasteiger partial charge < -0.3 is 14.5 Å². The van der Waals surface area contributed by atoms with Crippen molar-refractivity contribution < 1.29 is 9.53 Å². The van der Waals surface area contributed by atoms with Crippen LogP contribution in [0.4, 0.5) is 5.69 Å². The Balaban J connectivity index is 1.52. The first-order valence-corrected chi connectivity index (χ1v) is 8.69. The molecule has 2 aromatic rings. The van der Waals surface area contributed by atoms with E-state index in [0.29, 0.717) is 18.9 Å². The number of carbonyl (C=O) groups excluding carboxylic acids is 1. The predicted molar refractivity (Wildman–Crippen MR) is 93.3 cm³/mol. The molecule has 25 heavy (non-hydrogen) atoms. The van der Waals surface area contributed by atoms with Crippen LogP contribution in [0.3, 0.4) is 0 Å². The minimum absolute atomic E-state index is 0.0265. The van der Waals surface area contributed by atoms with E-state index in [9.17, 15) is 4.79 Å². The van der Waals surface area contributed by atoms with Crippen molar-refractivity contribution in [1.29, 1.82) is 0 Å². The Morgan fingerprint density at radius 3 is 3.00 bits per heavy atom. The lowest BCUT2D eigenvalue weighted by molar-refractivity contribution is -0.131. The van der Waals surface area contributed by atoms with Crippen molar-refractivity contribution in [2.75, 3.05) is 31.6 Å². The summed E-state index contributed by atoms with van der Waals surface area (Å²) < 4.78 is 5.50. The lowest BCUT2D eigenvalue weighted by Crippen LogP contribution is -2.40. The molecule has 0 saturated carbocycles. The van der Waals surface area contributed by atoms with Crippen LogP contribution in [-0.4, -0.2) is 58.8 Å². The molecule has 1 saturated heterocycles. The first-order valence-electron chi connectivity index (χ1n) is 8.69. The fourth-order valence-electron chi connectivity index (χ4n) is 3.82. The van der Waals surface area contributed by atoms with Gasteiger partial charge in [0.1, 0.15) is 5.82 Å². The molecule has 2 atom stereocenters. The van der Waals surface area contributed by atoms with Crippen molar-refractivity contribution in [1.82, 2.24) is 20.1 Å². The van der Waals surface area contributed by atoms with Gasteiger partial charge in [-0.05, 0) is 25.0 Å². The quantitative estimate of drug-likeness (QED) is 0.911. The topological polar surface area (TPSA) is 74.3 Å². The van der Waals surface area contributed by atoms with Crippen LogP contribution in [0.25, 0.3) is 0 Å². The van der Waals surface area contributed by atoms with E-state index in [-0.39, 0.29) is 18.1 Å². The smallest absolute Gasteiger partial charge is 0.242 e. The summed E-state index contributed by atoms with van der Waals surface area (Å²) in [7, 11) is 1.69. The number of amides is 1. The Kier molecular flexibility index (Phi) is 4.17. The van der Waals surface area contributed by atoms with Gasteiger partial charge in [0.25, 0.3) is 0 Å². The number of aryl methyl sites for hydroxylation is 1. The van der Waals surface area contributed by atoms with Crippen molar-refractivity contribution in [2.45, 2.75) is 31.9 Å². The Bertz CT molecular complexity index is 774. The highest BCUT2D eigenvalue weighted by molar-refractivity contribution is 5.83. The van der Waals surface area contributed by atoms with Gasteiger partial charge in [0.05, 0.1) is 18.7 Å². The van der Waals surface area contributed by atoms with Gasteiger partial charge in [-0.15, -0.1) is 0 Å². The number of ether oxygens (including phenoxy) is 1. The molecule has 1 aromatic heterocycles. The fourth-order valence-corrected chi connectivity index (χ4v) is 3.82. The standard InChI is InChI=1S/C18H23N5O2/c1-12-19-18(21-20-12)16-9-14(25-2)10-23(16)17(24)11-22-8-7-13-5-3-4-6-15(13)22/h3-6,14,16H,7-11H2,1-2H3,(H,19,20,21)/t14-,16+/m1/s1. The molecule has 132 valence electrons. The summed E-state index contributed by atoms with van der Waals surface area (Å²) in [6, 6.07) is 8.18. The van der Waals surface area contributed by atoms with Gasteiger partial charge in [-0.3, -0.25) is 9.89 Å². The summed E-state index contributed by atoms with van der Waals surface area (Å²) in [5, 5.41) is 7.14. The van der Waals surface area contributed by atoms with Crippen LogP contribution in [0.1, 0.15) is 29.7 Å². The summed E-state index contributed by atoms with van der Waals surface area (Å²) in [6.45, 7) is 3.72. The average Bonchev–Trinajstić information content (AvgIpc) is 3.33. The Labute approximate surface area is 147 Å². The maximum atomic E-state index is 13.0. The molecule has 3 heterocycles. The number of H-pyrrole nitrogens is 1. The molecular weight excluding hydrogens is 318 g/mol. The summed E-state index contributed by atoms with van der Waals surface area (Å²) in [6.07, 6.45) is 1.75. The van der Waals surface area contributed by atoms with Gasteiger partial charge in [0.2, 0.25) is 5.91 Å². The van der Waals surface area contributed by atoms with Gasteiger partial charge in [0.15, 0.2) is 5.82 Å². The molecule has 0 radical (unpaired) electrons. The number of nitrogens with zero attached hydrogens (tertiary/aromatic N) is 4. The van der Waals surface area contributed by atoms with E-state index in [1.807, 2.05) is 17.9 Å². The number of para-hydroxylation sites is 1. The van der Waals surface area contributed by atoms with Crippen LogP contribution >= 0.6 is 0 Å². The summed E-state index contributed by atoms with van der Waals surface area (Å²) in [4.78, 5) is 21.5.